The minimum atomic E-state index is -0.398. The fourth-order valence-electron chi connectivity index (χ4n) is 3.58. The average molecular weight is 424 g/mol. The average Bonchev–Trinajstić information content (AvgIpc) is 2.67. The molecule has 0 spiro atoms. The summed E-state index contributed by atoms with van der Waals surface area (Å²) in [5, 5.41) is 37.2. The van der Waals surface area contributed by atoms with Gasteiger partial charge in [-0.15, -0.1) is 24.8 Å². The van der Waals surface area contributed by atoms with E-state index < -0.39 is 4.92 Å². The molecule has 154 valence electrons. The molecule has 0 radical (unpaired) electrons. The van der Waals surface area contributed by atoms with Crippen LogP contribution in [-0.4, -0.2) is 79.7 Å². The van der Waals surface area contributed by atoms with Gasteiger partial charge in [0, 0.05) is 51.4 Å². The van der Waals surface area contributed by atoms with Crippen molar-refractivity contribution >= 4 is 41.9 Å². The zero-order valence-corrected chi connectivity index (χ0v) is 16.5. The van der Waals surface area contributed by atoms with Gasteiger partial charge in [-0.1, -0.05) is 0 Å². The highest BCUT2D eigenvalue weighted by molar-refractivity contribution is 5.85. The summed E-state index contributed by atoms with van der Waals surface area (Å²) >= 11 is 0. The van der Waals surface area contributed by atoms with Crippen molar-refractivity contribution in [2.45, 2.75) is 12.1 Å². The Labute approximate surface area is 170 Å². The van der Waals surface area contributed by atoms with Crippen molar-refractivity contribution in [2.24, 2.45) is 0 Å². The van der Waals surface area contributed by atoms with Crippen molar-refractivity contribution < 1.29 is 15.1 Å². The number of halogens is 2. The van der Waals surface area contributed by atoms with Gasteiger partial charge in [0.1, 0.15) is 0 Å². The van der Waals surface area contributed by atoms with Crippen molar-refractivity contribution in [3.05, 3.63) is 28.3 Å². The number of anilines is 2. The van der Waals surface area contributed by atoms with E-state index in [1.54, 1.807) is 12.1 Å². The van der Waals surface area contributed by atoms with E-state index in [1.165, 1.54) is 6.07 Å². The number of aliphatic hydroxyl groups excluding tert-OH is 2. The Kier molecular flexibility index (Phi) is 9.51. The smallest absolute Gasteiger partial charge is 0.271 e. The van der Waals surface area contributed by atoms with Gasteiger partial charge in [0.15, 0.2) is 0 Å². The first kappa shape index (κ1) is 23.7. The molecule has 2 heterocycles. The maximum atomic E-state index is 11.3. The predicted octanol–water partition coefficient (Wildman–Crippen LogP) is -0.0206. The second-order valence-electron chi connectivity index (χ2n) is 6.40. The van der Waals surface area contributed by atoms with Gasteiger partial charge in [-0.3, -0.25) is 10.1 Å². The second-order valence-corrected chi connectivity index (χ2v) is 6.40. The Morgan fingerprint density at radius 3 is 2.00 bits per heavy atom. The molecule has 27 heavy (non-hydrogen) atoms. The highest BCUT2D eigenvalue weighted by atomic mass is 35.5. The maximum absolute atomic E-state index is 11.3. The Bertz CT molecular complexity index is 624. The van der Waals surface area contributed by atoms with Crippen LogP contribution < -0.4 is 20.4 Å². The first-order valence-electron chi connectivity index (χ1n) is 8.60. The summed E-state index contributed by atoms with van der Waals surface area (Å²) in [4.78, 5) is 15.0. The molecule has 2 saturated heterocycles. The normalized spacial score (nSPS) is 22.6. The summed E-state index contributed by atoms with van der Waals surface area (Å²) in [5.41, 5.74) is 1.64. The zero-order chi connectivity index (χ0) is 17.8. The number of hydrogen-bond acceptors (Lipinski definition) is 8. The summed E-state index contributed by atoms with van der Waals surface area (Å²) in [5.74, 6) is 0. The van der Waals surface area contributed by atoms with Gasteiger partial charge in [-0.25, -0.2) is 0 Å². The summed E-state index contributed by atoms with van der Waals surface area (Å²) < 4.78 is 0. The molecule has 3 rings (SSSR count). The number of rotatable bonds is 5. The van der Waals surface area contributed by atoms with Gasteiger partial charge >= 0.3 is 0 Å². The van der Waals surface area contributed by atoms with Gasteiger partial charge in [0.25, 0.3) is 5.69 Å². The summed E-state index contributed by atoms with van der Waals surface area (Å²) in [7, 11) is 0. The lowest BCUT2D eigenvalue weighted by Gasteiger charge is -2.42. The standard InChI is InChI=1S/C16H25N5O4.2ClH/c22-10-13-8-17-3-5-19(13)15-2-1-12(21(24)25)7-16(15)20-6-4-18-9-14(20)11-23;;/h1-2,7,13-14,17-18,22-23H,3-6,8-11H2;2*1H/t13-,14+;;/m1../s1. The van der Waals surface area contributed by atoms with Crippen LogP contribution in [0.15, 0.2) is 18.2 Å². The third-order valence-electron chi connectivity index (χ3n) is 4.91. The van der Waals surface area contributed by atoms with Crippen molar-refractivity contribution in [1.82, 2.24) is 10.6 Å². The Balaban J connectivity index is 0.00000182. The topological polar surface area (TPSA) is 114 Å². The molecule has 1 aromatic rings. The molecule has 2 atom stereocenters. The number of benzene rings is 1. The number of aliphatic hydroxyl groups is 2. The van der Waals surface area contributed by atoms with Crippen LogP contribution in [-0.2, 0) is 0 Å². The molecule has 0 aliphatic carbocycles. The number of nitrogens with one attached hydrogen (secondary N) is 2. The van der Waals surface area contributed by atoms with Crippen LogP contribution in [0.5, 0.6) is 0 Å². The lowest BCUT2D eigenvalue weighted by Crippen LogP contribution is -2.55. The van der Waals surface area contributed by atoms with Crippen LogP contribution in [0, 0.1) is 10.1 Å². The lowest BCUT2D eigenvalue weighted by atomic mass is 10.1. The molecular formula is C16H27Cl2N5O4. The van der Waals surface area contributed by atoms with Crippen LogP contribution in [0.4, 0.5) is 17.1 Å². The van der Waals surface area contributed by atoms with Gasteiger partial charge < -0.3 is 30.6 Å². The number of hydrogen-bond donors (Lipinski definition) is 4. The SMILES string of the molecule is Cl.Cl.O=[N+]([O-])c1ccc(N2CCNC[C@@H]2CO)c(N2CCNC[C@H]2CO)c1. The van der Waals surface area contributed by atoms with Crippen LogP contribution in [0.1, 0.15) is 0 Å². The summed E-state index contributed by atoms with van der Waals surface area (Å²) in [6.07, 6.45) is 0. The van der Waals surface area contributed by atoms with Crippen LogP contribution in [0.3, 0.4) is 0 Å². The number of piperazine rings is 2. The van der Waals surface area contributed by atoms with Crippen molar-refractivity contribution in [2.75, 3.05) is 62.3 Å². The highest BCUT2D eigenvalue weighted by Gasteiger charge is 2.30. The molecule has 11 heteroatoms. The van der Waals surface area contributed by atoms with E-state index in [-0.39, 0.29) is 55.8 Å². The number of nitro groups is 1. The van der Waals surface area contributed by atoms with E-state index in [0.29, 0.717) is 26.2 Å². The third kappa shape index (κ3) is 5.13. The number of nitrogens with zero attached hydrogens (tertiary/aromatic N) is 3. The van der Waals surface area contributed by atoms with Gasteiger partial charge in [-0.05, 0) is 6.07 Å². The zero-order valence-electron chi connectivity index (χ0n) is 14.9. The summed E-state index contributed by atoms with van der Waals surface area (Å²) in [6, 6.07) is 4.64. The molecule has 0 unspecified atom stereocenters. The molecule has 0 saturated carbocycles. The first-order chi connectivity index (χ1) is 12.2. The van der Waals surface area contributed by atoms with Crippen molar-refractivity contribution in [3.8, 4) is 0 Å². The molecule has 2 aliphatic heterocycles. The van der Waals surface area contributed by atoms with E-state index >= 15 is 0 Å². The maximum Gasteiger partial charge on any atom is 0.271 e. The molecule has 4 N–H and O–H groups in total. The molecule has 2 aliphatic rings. The number of non-ortho nitro benzene ring substituents is 1. The monoisotopic (exact) mass is 423 g/mol. The van der Waals surface area contributed by atoms with E-state index in [4.69, 9.17) is 0 Å². The fraction of sp³-hybridized carbons (Fsp3) is 0.625. The van der Waals surface area contributed by atoms with Crippen molar-refractivity contribution in [3.63, 3.8) is 0 Å². The second kappa shape index (κ2) is 10.8. The predicted molar refractivity (Wildman–Crippen MR) is 110 cm³/mol. The van der Waals surface area contributed by atoms with E-state index in [2.05, 4.69) is 15.5 Å². The summed E-state index contributed by atoms with van der Waals surface area (Å²) in [6.45, 7) is 4.19. The molecular weight excluding hydrogens is 397 g/mol. The van der Waals surface area contributed by atoms with E-state index in [1.807, 2.05) is 4.90 Å². The van der Waals surface area contributed by atoms with Gasteiger partial charge in [0.2, 0.25) is 0 Å². The van der Waals surface area contributed by atoms with Crippen LogP contribution in [0.2, 0.25) is 0 Å². The fourth-order valence-corrected chi connectivity index (χ4v) is 3.58. The third-order valence-corrected chi connectivity index (χ3v) is 4.91. The largest absolute Gasteiger partial charge is 0.394 e. The minimum absolute atomic E-state index is 0. The van der Waals surface area contributed by atoms with E-state index in [9.17, 15) is 20.3 Å². The van der Waals surface area contributed by atoms with Crippen LogP contribution in [0.25, 0.3) is 0 Å². The Morgan fingerprint density at radius 1 is 1.00 bits per heavy atom. The van der Waals surface area contributed by atoms with Crippen LogP contribution >= 0.6 is 24.8 Å². The van der Waals surface area contributed by atoms with E-state index in [0.717, 1.165) is 24.5 Å². The van der Waals surface area contributed by atoms with Gasteiger partial charge in [0.05, 0.1) is 41.6 Å². The molecule has 2 fully saturated rings. The molecule has 1 aromatic carbocycles. The molecule has 0 amide bonds. The molecule has 0 aromatic heterocycles. The number of nitro benzene ring substituents is 1. The minimum Gasteiger partial charge on any atom is -0.394 e. The Morgan fingerprint density at radius 2 is 1.52 bits per heavy atom. The first-order valence-corrected chi connectivity index (χ1v) is 8.60. The van der Waals surface area contributed by atoms with Gasteiger partial charge in [-0.2, -0.15) is 0 Å². The molecule has 0 bridgehead atoms. The quantitative estimate of drug-likeness (QED) is 0.385. The molecule has 9 nitrogen and oxygen atoms in total. The lowest BCUT2D eigenvalue weighted by molar-refractivity contribution is -0.384. The van der Waals surface area contributed by atoms with Crippen molar-refractivity contribution in [1.29, 1.82) is 0 Å². The Hall–Kier alpha value is -1.36. The highest BCUT2D eigenvalue weighted by Crippen LogP contribution is 2.36.